The lowest BCUT2D eigenvalue weighted by Gasteiger charge is -2.40. The van der Waals surface area contributed by atoms with Crippen LogP contribution in [0.3, 0.4) is 0 Å². The Labute approximate surface area is 182 Å². The Kier molecular flexibility index (Phi) is 6.92. The van der Waals surface area contributed by atoms with Crippen LogP contribution in [0.2, 0.25) is 0 Å². The largest absolute Gasteiger partial charge is 0.351 e. The first-order valence-corrected chi connectivity index (χ1v) is 11.1. The van der Waals surface area contributed by atoms with E-state index in [4.69, 9.17) is 0 Å². The minimum atomic E-state index is -0.406. The molecule has 1 saturated carbocycles. The molecule has 2 heterocycles. The number of nitrogens with zero attached hydrogens (tertiary/aromatic N) is 3. The molecule has 6 nitrogen and oxygen atoms in total. The lowest BCUT2D eigenvalue weighted by Crippen LogP contribution is -2.57. The van der Waals surface area contributed by atoms with Crippen molar-refractivity contribution in [1.29, 1.82) is 0 Å². The number of hydrogen-bond donors (Lipinski definition) is 1. The number of benzene rings is 1. The zero-order chi connectivity index (χ0) is 21.6. The van der Waals surface area contributed by atoms with Gasteiger partial charge in [0.15, 0.2) is 0 Å². The minimum Gasteiger partial charge on any atom is -0.351 e. The number of piperazine rings is 1. The SMILES string of the molecule is O=C(NCc1ccncc1)C(C1CCCC1)N1CCN(C(=O)c2cccc(F)c2)CC1. The van der Waals surface area contributed by atoms with Gasteiger partial charge >= 0.3 is 0 Å². The fourth-order valence-corrected chi connectivity index (χ4v) is 4.75. The second kappa shape index (κ2) is 10.0. The van der Waals surface area contributed by atoms with Gasteiger partial charge in [0.25, 0.3) is 5.91 Å². The Balaban J connectivity index is 1.39. The van der Waals surface area contributed by atoms with Crippen molar-refractivity contribution in [3.05, 3.63) is 65.7 Å². The Morgan fingerprint density at radius 2 is 1.77 bits per heavy atom. The van der Waals surface area contributed by atoms with E-state index in [1.165, 1.54) is 12.1 Å². The van der Waals surface area contributed by atoms with Crippen LogP contribution in [-0.4, -0.2) is 58.8 Å². The van der Waals surface area contributed by atoms with Crippen molar-refractivity contribution in [3.8, 4) is 0 Å². The standard InChI is InChI=1S/C24H29FN4O2/c25-21-7-3-6-20(16-21)24(31)29-14-12-28(13-15-29)22(19-4-1-2-5-19)23(30)27-17-18-8-10-26-11-9-18/h3,6-11,16,19,22H,1-2,4-5,12-15,17H2,(H,27,30). The monoisotopic (exact) mass is 424 g/mol. The van der Waals surface area contributed by atoms with Crippen molar-refractivity contribution in [2.45, 2.75) is 38.3 Å². The van der Waals surface area contributed by atoms with Crippen LogP contribution in [0.1, 0.15) is 41.6 Å². The van der Waals surface area contributed by atoms with Gasteiger partial charge in [0.05, 0.1) is 6.04 Å². The number of aromatic nitrogens is 1. The number of nitrogens with one attached hydrogen (secondary N) is 1. The van der Waals surface area contributed by atoms with E-state index >= 15 is 0 Å². The molecule has 0 bridgehead atoms. The summed E-state index contributed by atoms with van der Waals surface area (Å²) in [5, 5.41) is 3.11. The van der Waals surface area contributed by atoms with E-state index in [-0.39, 0.29) is 17.9 Å². The van der Waals surface area contributed by atoms with Crippen LogP contribution in [-0.2, 0) is 11.3 Å². The van der Waals surface area contributed by atoms with Crippen molar-refractivity contribution >= 4 is 11.8 Å². The molecule has 1 atom stereocenters. The van der Waals surface area contributed by atoms with E-state index < -0.39 is 5.82 Å². The third-order valence-electron chi connectivity index (χ3n) is 6.40. The first-order valence-electron chi connectivity index (χ1n) is 11.1. The Morgan fingerprint density at radius 1 is 1.06 bits per heavy atom. The summed E-state index contributed by atoms with van der Waals surface area (Å²) in [7, 11) is 0. The maximum atomic E-state index is 13.5. The Bertz CT molecular complexity index is 893. The van der Waals surface area contributed by atoms with Gasteiger partial charge in [0, 0.05) is 50.7 Å². The topological polar surface area (TPSA) is 65.5 Å². The van der Waals surface area contributed by atoms with Crippen LogP contribution in [0.25, 0.3) is 0 Å². The molecule has 2 aromatic rings. The number of halogens is 1. The van der Waals surface area contributed by atoms with Crippen LogP contribution < -0.4 is 5.32 Å². The molecule has 2 fully saturated rings. The molecule has 2 amide bonds. The van der Waals surface area contributed by atoms with Gasteiger partial charge in [-0.3, -0.25) is 19.5 Å². The van der Waals surface area contributed by atoms with Crippen LogP contribution in [0.5, 0.6) is 0 Å². The summed E-state index contributed by atoms with van der Waals surface area (Å²) in [6.07, 6.45) is 7.91. The minimum absolute atomic E-state index is 0.0635. The highest BCUT2D eigenvalue weighted by Gasteiger charge is 2.37. The van der Waals surface area contributed by atoms with E-state index in [2.05, 4.69) is 15.2 Å². The fourth-order valence-electron chi connectivity index (χ4n) is 4.75. The van der Waals surface area contributed by atoms with Crippen LogP contribution in [0, 0.1) is 11.7 Å². The molecule has 1 unspecified atom stereocenters. The molecule has 164 valence electrons. The maximum Gasteiger partial charge on any atom is 0.254 e. The molecular formula is C24H29FN4O2. The van der Waals surface area contributed by atoms with Crippen LogP contribution in [0.4, 0.5) is 4.39 Å². The number of amides is 2. The third-order valence-corrected chi connectivity index (χ3v) is 6.40. The van der Waals surface area contributed by atoms with Gasteiger partial charge in [-0.05, 0) is 54.7 Å². The van der Waals surface area contributed by atoms with E-state index in [0.29, 0.717) is 44.2 Å². The number of carbonyl (C=O) groups is 2. The summed E-state index contributed by atoms with van der Waals surface area (Å²) >= 11 is 0. The zero-order valence-electron chi connectivity index (χ0n) is 17.7. The van der Waals surface area contributed by atoms with E-state index in [1.54, 1.807) is 29.4 Å². The highest BCUT2D eigenvalue weighted by molar-refractivity contribution is 5.94. The van der Waals surface area contributed by atoms with Crippen molar-refractivity contribution in [2.24, 2.45) is 5.92 Å². The van der Waals surface area contributed by atoms with E-state index in [1.807, 2.05) is 12.1 Å². The highest BCUT2D eigenvalue weighted by Crippen LogP contribution is 2.31. The fraction of sp³-hybridized carbons (Fsp3) is 0.458. The summed E-state index contributed by atoms with van der Waals surface area (Å²) in [5.41, 5.74) is 1.40. The summed E-state index contributed by atoms with van der Waals surface area (Å²) in [5.74, 6) is -0.146. The van der Waals surface area contributed by atoms with Gasteiger partial charge in [-0.25, -0.2) is 4.39 Å². The molecule has 1 N–H and O–H groups in total. The quantitative estimate of drug-likeness (QED) is 0.775. The molecule has 31 heavy (non-hydrogen) atoms. The third kappa shape index (κ3) is 5.28. The first kappa shape index (κ1) is 21.4. The smallest absolute Gasteiger partial charge is 0.254 e. The molecule has 1 saturated heterocycles. The van der Waals surface area contributed by atoms with Crippen molar-refractivity contribution in [2.75, 3.05) is 26.2 Å². The Morgan fingerprint density at radius 3 is 2.45 bits per heavy atom. The number of pyridine rings is 1. The molecule has 4 rings (SSSR count). The lowest BCUT2D eigenvalue weighted by atomic mass is 9.94. The van der Waals surface area contributed by atoms with Gasteiger partial charge in [-0.15, -0.1) is 0 Å². The van der Waals surface area contributed by atoms with Gasteiger partial charge in [0.2, 0.25) is 5.91 Å². The molecule has 1 aliphatic carbocycles. The van der Waals surface area contributed by atoms with E-state index in [9.17, 15) is 14.0 Å². The molecule has 0 spiro atoms. The summed E-state index contributed by atoms with van der Waals surface area (Å²) in [4.78, 5) is 33.9. The maximum absolute atomic E-state index is 13.5. The predicted molar refractivity (Wildman–Crippen MR) is 116 cm³/mol. The van der Waals surface area contributed by atoms with Crippen LogP contribution in [0.15, 0.2) is 48.8 Å². The van der Waals surface area contributed by atoms with Gasteiger partial charge in [-0.2, -0.15) is 0 Å². The first-order chi connectivity index (χ1) is 15.1. The number of hydrogen-bond acceptors (Lipinski definition) is 4. The molecule has 1 aliphatic heterocycles. The second-order valence-corrected chi connectivity index (χ2v) is 8.40. The molecule has 0 radical (unpaired) electrons. The molecule has 2 aliphatic rings. The Hall–Kier alpha value is -2.80. The summed E-state index contributed by atoms with van der Waals surface area (Å²) < 4.78 is 13.5. The predicted octanol–water partition coefficient (Wildman–Crippen LogP) is 2.85. The number of rotatable bonds is 6. The average molecular weight is 425 g/mol. The van der Waals surface area contributed by atoms with Gasteiger partial charge in [-0.1, -0.05) is 18.9 Å². The van der Waals surface area contributed by atoms with E-state index in [0.717, 1.165) is 31.2 Å². The summed E-state index contributed by atoms with van der Waals surface area (Å²) in [6, 6.07) is 9.46. The average Bonchev–Trinajstić information content (AvgIpc) is 3.33. The number of carbonyl (C=O) groups excluding carboxylic acids is 2. The van der Waals surface area contributed by atoms with Crippen LogP contribution >= 0.6 is 0 Å². The highest BCUT2D eigenvalue weighted by atomic mass is 19.1. The lowest BCUT2D eigenvalue weighted by molar-refractivity contribution is -0.129. The second-order valence-electron chi connectivity index (χ2n) is 8.40. The van der Waals surface area contributed by atoms with Gasteiger partial charge in [0.1, 0.15) is 5.82 Å². The van der Waals surface area contributed by atoms with Crippen molar-refractivity contribution < 1.29 is 14.0 Å². The molecular weight excluding hydrogens is 395 g/mol. The van der Waals surface area contributed by atoms with Gasteiger partial charge < -0.3 is 10.2 Å². The van der Waals surface area contributed by atoms with Crippen molar-refractivity contribution in [1.82, 2.24) is 20.1 Å². The molecule has 1 aromatic carbocycles. The van der Waals surface area contributed by atoms with Crippen molar-refractivity contribution in [3.63, 3.8) is 0 Å². The normalized spacial score (nSPS) is 18.7. The molecule has 1 aromatic heterocycles. The molecule has 7 heteroatoms. The summed E-state index contributed by atoms with van der Waals surface area (Å²) in [6.45, 7) is 2.85. The zero-order valence-corrected chi connectivity index (χ0v) is 17.7.